The largest absolute Gasteiger partial charge is 0.378 e. The predicted molar refractivity (Wildman–Crippen MR) is 131 cm³/mol. The first-order chi connectivity index (χ1) is 15.6. The number of anilines is 1. The van der Waals surface area contributed by atoms with Gasteiger partial charge in [0.1, 0.15) is 13.1 Å². The number of thioether (sulfide) groups is 1. The molecule has 0 atom stereocenters. The molecule has 0 unspecified atom stereocenters. The molecule has 1 aromatic carbocycles. The van der Waals surface area contributed by atoms with Crippen molar-refractivity contribution in [3.05, 3.63) is 51.4 Å². The van der Waals surface area contributed by atoms with E-state index in [4.69, 9.17) is 19.5 Å². The normalized spacial score (nSPS) is 22.7. The van der Waals surface area contributed by atoms with Gasteiger partial charge in [-0.2, -0.15) is 0 Å². The summed E-state index contributed by atoms with van der Waals surface area (Å²) in [5.74, 6) is 0. The van der Waals surface area contributed by atoms with Gasteiger partial charge in [0.15, 0.2) is 10.8 Å². The van der Waals surface area contributed by atoms with Crippen molar-refractivity contribution in [2.24, 2.45) is 4.99 Å². The zero-order valence-electron chi connectivity index (χ0n) is 18.5. The molecule has 0 spiro atoms. The topological polar surface area (TPSA) is 50.0 Å². The van der Waals surface area contributed by atoms with Gasteiger partial charge in [-0.25, -0.2) is 9.56 Å². The van der Waals surface area contributed by atoms with Crippen LogP contribution in [0.5, 0.6) is 0 Å². The maximum atomic E-state index is 5.57. The molecule has 166 valence electrons. The van der Waals surface area contributed by atoms with Gasteiger partial charge in [0, 0.05) is 30.4 Å². The second kappa shape index (κ2) is 8.09. The minimum atomic E-state index is -0.245. The van der Waals surface area contributed by atoms with Gasteiger partial charge in [-0.3, -0.25) is 0 Å². The number of hydrogen-bond acceptors (Lipinski definition) is 6. The Morgan fingerprint density at radius 3 is 2.47 bits per heavy atom. The fraction of sp³-hybridized carbons (Fsp3) is 0.458. The summed E-state index contributed by atoms with van der Waals surface area (Å²) in [5, 5.41) is 2.20. The van der Waals surface area contributed by atoms with Crippen molar-refractivity contribution in [3.63, 3.8) is 0 Å². The third-order valence-corrected chi connectivity index (χ3v) is 8.76. The van der Waals surface area contributed by atoms with Crippen molar-refractivity contribution in [2.75, 3.05) is 57.5 Å². The molecule has 2 fully saturated rings. The highest BCUT2D eigenvalue weighted by Gasteiger charge is 2.50. The van der Waals surface area contributed by atoms with E-state index in [9.17, 15) is 0 Å². The summed E-state index contributed by atoms with van der Waals surface area (Å²) in [6, 6.07) is 10.7. The van der Waals surface area contributed by atoms with E-state index in [2.05, 4.69) is 53.7 Å². The molecule has 8 heteroatoms. The molecule has 0 radical (unpaired) electrons. The summed E-state index contributed by atoms with van der Waals surface area (Å²) < 4.78 is 13.5. The monoisotopic (exact) mass is 467 g/mol. The molecule has 0 amide bonds. The molecule has 6 rings (SSSR count). The van der Waals surface area contributed by atoms with Crippen molar-refractivity contribution in [1.29, 1.82) is 0 Å². The number of aromatic nitrogens is 1. The Balaban J connectivity index is 1.53. The Labute approximate surface area is 196 Å². The molecular weight excluding hydrogens is 440 g/mol. The fourth-order valence-corrected chi connectivity index (χ4v) is 7.43. The Hall–Kier alpha value is -2.00. The van der Waals surface area contributed by atoms with Gasteiger partial charge < -0.3 is 14.4 Å². The number of hydrogen-bond donors (Lipinski definition) is 0. The average Bonchev–Trinajstić information content (AvgIpc) is 3.48. The molecule has 4 heterocycles. The van der Waals surface area contributed by atoms with E-state index in [0.717, 1.165) is 74.3 Å². The second-order valence-electron chi connectivity index (χ2n) is 8.91. The number of aliphatic imine (C=N–C) groups is 1. The molecule has 0 saturated carbocycles. The van der Waals surface area contributed by atoms with E-state index < -0.39 is 0 Å². The van der Waals surface area contributed by atoms with Crippen LogP contribution in [-0.2, 0) is 14.9 Å². The molecule has 1 aromatic heterocycles. The van der Waals surface area contributed by atoms with Crippen molar-refractivity contribution < 1.29 is 14.0 Å². The van der Waals surface area contributed by atoms with Gasteiger partial charge in [-0.05, 0) is 24.4 Å². The third-order valence-electron chi connectivity index (χ3n) is 6.50. The van der Waals surface area contributed by atoms with E-state index in [1.165, 1.54) is 20.9 Å². The number of rotatable bonds is 2. The van der Waals surface area contributed by atoms with Gasteiger partial charge in [-0.1, -0.05) is 41.7 Å². The quantitative estimate of drug-likeness (QED) is 0.632. The summed E-state index contributed by atoms with van der Waals surface area (Å²) in [6.07, 6.45) is 0. The Morgan fingerprint density at radius 2 is 1.72 bits per heavy atom. The van der Waals surface area contributed by atoms with Crippen molar-refractivity contribution >= 4 is 44.7 Å². The molecule has 0 bridgehead atoms. The lowest BCUT2D eigenvalue weighted by Crippen LogP contribution is -2.36. The summed E-state index contributed by atoms with van der Waals surface area (Å²) in [6.45, 7) is 11.2. The highest BCUT2D eigenvalue weighted by atomic mass is 32.2. The minimum Gasteiger partial charge on any atom is -0.378 e. The highest BCUT2D eigenvalue weighted by molar-refractivity contribution is 8.18. The lowest BCUT2D eigenvalue weighted by Gasteiger charge is -2.28. The van der Waals surface area contributed by atoms with Crippen molar-refractivity contribution in [2.45, 2.75) is 19.3 Å². The number of allylic oxidation sites excluding steroid dienone is 1. The van der Waals surface area contributed by atoms with Crippen LogP contribution >= 0.6 is 23.1 Å². The Bertz CT molecular complexity index is 1140. The summed E-state index contributed by atoms with van der Waals surface area (Å²) in [5.41, 5.74) is 4.57. The van der Waals surface area contributed by atoms with Crippen LogP contribution in [0.25, 0.3) is 5.57 Å². The van der Waals surface area contributed by atoms with Crippen LogP contribution < -0.4 is 4.90 Å². The molecule has 1 aliphatic carbocycles. The highest BCUT2D eigenvalue weighted by Crippen LogP contribution is 2.52. The van der Waals surface area contributed by atoms with Crippen molar-refractivity contribution in [1.82, 2.24) is 4.98 Å². The lowest BCUT2D eigenvalue weighted by molar-refractivity contribution is -0.547. The van der Waals surface area contributed by atoms with E-state index >= 15 is 0 Å². The summed E-state index contributed by atoms with van der Waals surface area (Å²) >= 11 is 3.65. The number of benzene rings is 1. The van der Waals surface area contributed by atoms with E-state index in [1.807, 2.05) is 23.1 Å². The first-order valence-electron chi connectivity index (χ1n) is 11.2. The molecule has 2 saturated heterocycles. The third kappa shape index (κ3) is 3.36. The molecule has 6 nitrogen and oxygen atoms in total. The maximum absolute atomic E-state index is 5.57. The summed E-state index contributed by atoms with van der Waals surface area (Å²) in [7, 11) is 0. The minimum absolute atomic E-state index is 0.245. The number of thiazole rings is 1. The van der Waals surface area contributed by atoms with Crippen LogP contribution in [0.15, 0.2) is 40.2 Å². The first-order valence-corrected chi connectivity index (χ1v) is 12.9. The SMILES string of the molecule is CC1(C)C2=NC(=[N+]3CCOCC3)SC2=C(c2ccccc2)c2sc(N3CCOCC3)nc21. The average molecular weight is 468 g/mol. The molecule has 0 N–H and O–H groups in total. The van der Waals surface area contributed by atoms with E-state index in [-0.39, 0.29) is 5.41 Å². The standard InChI is InChI=1S/C24H27N4O2S2/c1-24(2)20-18(31-22(25-20)27-8-12-29-13-9-27)17(16-6-4-3-5-7-16)19-21(24)26-23(32-19)28-10-14-30-15-11-28/h3-7H,8-15H2,1-2H3/q+1. The number of morpholine rings is 2. The lowest BCUT2D eigenvalue weighted by atomic mass is 9.76. The van der Waals surface area contributed by atoms with Crippen LogP contribution in [0.2, 0.25) is 0 Å². The van der Waals surface area contributed by atoms with Crippen molar-refractivity contribution in [3.8, 4) is 0 Å². The van der Waals surface area contributed by atoms with Gasteiger partial charge >= 0.3 is 5.17 Å². The van der Waals surface area contributed by atoms with Gasteiger partial charge in [-0.15, -0.1) is 0 Å². The second-order valence-corrected chi connectivity index (χ2v) is 10.9. The maximum Gasteiger partial charge on any atom is 0.360 e. The van der Waals surface area contributed by atoms with Crippen LogP contribution in [0.3, 0.4) is 0 Å². The van der Waals surface area contributed by atoms with Crippen LogP contribution in [-0.4, -0.2) is 73.0 Å². The fourth-order valence-electron chi connectivity index (χ4n) is 4.67. The van der Waals surface area contributed by atoms with E-state index in [0.29, 0.717) is 0 Å². The smallest absolute Gasteiger partial charge is 0.360 e. The Morgan fingerprint density at radius 1 is 1.00 bits per heavy atom. The molecule has 2 aromatic rings. The number of nitrogens with zero attached hydrogens (tertiary/aromatic N) is 4. The predicted octanol–water partition coefficient (Wildman–Crippen LogP) is 3.62. The van der Waals surface area contributed by atoms with Crippen LogP contribution in [0.1, 0.15) is 30.0 Å². The molecule has 32 heavy (non-hydrogen) atoms. The zero-order valence-corrected chi connectivity index (χ0v) is 20.1. The number of ether oxygens (including phenoxy) is 2. The van der Waals surface area contributed by atoms with Gasteiger partial charge in [0.25, 0.3) is 0 Å². The molecule has 3 aliphatic heterocycles. The van der Waals surface area contributed by atoms with Crippen LogP contribution in [0, 0.1) is 0 Å². The summed E-state index contributed by atoms with van der Waals surface area (Å²) in [4.78, 5) is 15.4. The van der Waals surface area contributed by atoms with E-state index in [1.54, 1.807) is 0 Å². The van der Waals surface area contributed by atoms with Gasteiger partial charge in [0.05, 0.1) is 47.3 Å². The Kier molecular flexibility index (Phi) is 5.21. The van der Waals surface area contributed by atoms with Crippen LogP contribution in [0.4, 0.5) is 5.13 Å². The first kappa shape index (κ1) is 20.6. The zero-order chi connectivity index (χ0) is 21.7. The number of amidine groups is 1. The van der Waals surface area contributed by atoms with Gasteiger partial charge in [0.2, 0.25) is 0 Å². The number of fused-ring (bicyclic) bond motifs is 2. The molecule has 4 aliphatic rings. The molecular formula is C24H27N4O2S2+.